The average Bonchev–Trinajstić information content (AvgIpc) is 3.17. The second-order valence-corrected chi connectivity index (χ2v) is 5.15. The molecule has 0 radical (unpaired) electrons. The summed E-state index contributed by atoms with van der Waals surface area (Å²) in [6, 6.07) is 17.4. The Morgan fingerprint density at radius 1 is 1.16 bits per heavy atom. The first-order valence-electron chi connectivity index (χ1n) is 7.14. The quantitative estimate of drug-likeness (QED) is 0.313. The summed E-state index contributed by atoms with van der Waals surface area (Å²) in [7, 11) is 0. The number of hydrogen-bond acceptors (Lipinski definition) is 3. The number of nitrogen functional groups attached to an aromatic ring is 1. The van der Waals surface area contributed by atoms with Gasteiger partial charge in [0.05, 0.1) is 0 Å². The molecule has 25 heavy (non-hydrogen) atoms. The number of fused-ring (bicyclic) bond motifs is 3. The van der Waals surface area contributed by atoms with E-state index in [4.69, 9.17) is 10.3 Å². The van der Waals surface area contributed by atoms with Crippen molar-refractivity contribution in [1.82, 2.24) is 9.72 Å². The van der Waals surface area contributed by atoms with E-state index in [0.29, 0.717) is 5.69 Å². The maximum absolute atomic E-state index is 5.49. The fourth-order valence-corrected chi connectivity index (χ4v) is 2.80. The van der Waals surface area contributed by atoms with Crippen LogP contribution in [0, 0.1) is 19.2 Å². The molecule has 0 amide bonds. The minimum atomic E-state index is 0. The number of para-hydroxylation sites is 1. The van der Waals surface area contributed by atoms with E-state index >= 15 is 0 Å². The predicted octanol–water partition coefficient (Wildman–Crippen LogP) is 3.79. The van der Waals surface area contributed by atoms with Crippen molar-refractivity contribution in [2.75, 3.05) is 5.73 Å². The van der Waals surface area contributed by atoms with Gasteiger partial charge in [-0.1, -0.05) is 48.0 Å². The Labute approximate surface area is 178 Å². The van der Waals surface area contributed by atoms with Crippen molar-refractivity contribution < 1.29 is 58.0 Å². The Balaban J connectivity index is 0.000000726. The van der Waals surface area contributed by atoms with Gasteiger partial charge in [0.2, 0.25) is 0 Å². The zero-order chi connectivity index (χ0) is 17.1. The van der Waals surface area contributed by atoms with E-state index in [1.165, 1.54) is 16.3 Å². The molecule has 2 aromatic carbocycles. The summed E-state index contributed by atoms with van der Waals surface area (Å²) < 4.78 is 6.84. The van der Waals surface area contributed by atoms with Crippen LogP contribution in [0.3, 0.4) is 0 Å². The summed E-state index contributed by atoms with van der Waals surface area (Å²) in [5.74, 6) is 0.172. The van der Waals surface area contributed by atoms with Crippen molar-refractivity contribution in [1.29, 1.82) is 0 Å². The van der Waals surface area contributed by atoms with Gasteiger partial charge in [0.25, 0.3) is 0 Å². The monoisotopic (exact) mass is 839 g/mol. The van der Waals surface area contributed by atoms with Crippen molar-refractivity contribution in [3.63, 3.8) is 0 Å². The summed E-state index contributed by atoms with van der Waals surface area (Å²) in [6.07, 6.45) is 4.97. The third-order valence-electron chi connectivity index (χ3n) is 3.73. The van der Waals surface area contributed by atoms with Crippen LogP contribution < -0.4 is 5.73 Å². The van der Waals surface area contributed by atoms with Crippen molar-refractivity contribution in [3.05, 3.63) is 66.0 Å². The van der Waals surface area contributed by atoms with Crippen LogP contribution in [0.25, 0.3) is 27.9 Å². The number of nitrogens with two attached hydrogens (primary N) is 1. The second-order valence-electron chi connectivity index (χ2n) is 5.15. The van der Waals surface area contributed by atoms with Crippen LogP contribution in [-0.2, 0) is 53.5 Å². The molecule has 0 aliphatic carbocycles. The third kappa shape index (κ3) is 4.08. The third-order valence-corrected chi connectivity index (χ3v) is 3.73. The molecule has 0 aliphatic heterocycles. The van der Waals surface area contributed by atoms with E-state index in [0.717, 1.165) is 11.0 Å². The maximum atomic E-state index is 5.49. The van der Waals surface area contributed by atoms with Gasteiger partial charge in [0.15, 0.2) is 0 Å². The standard InChI is InChI=1S/C18H13N3O.3W/c1-12-5-4-8-16-18(12)14-6-2-3-7-15(14)21(16)10-9-13-11-17(19)22-20-13;;;/h2-9H,19H2,1H3;;;/q-2;;;. The average molecular weight is 839 g/mol. The molecule has 0 spiro atoms. The number of nitrogens with zero attached hydrogens (tertiary/aromatic N) is 2. The van der Waals surface area contributed by atoms with E-state index in [9.17, 15) is 0 Å². The molecule has 7 heteroatoms. The SMILES string of the molecule is Cc1cccc2c1c1ccccc1n2[C-]=Cc1[c-]c(N)on1.[W].[W]=[W]. The Hall–Kier alpha value is -0.945. The summed E-state index contributed by atoms with van der Waals surface area (Å²) in [5.41, 5.74) is 9.46. The molecule has 2 N–H and O–H groups in total. The molecule has 4 aromatic rings. The number of aryl methyl sites for hydroxylation is 1. The van der Waals surface area contributed by atoms with E-state index in [1.807, 2.05) is 16.7 Å². The van der Waals surface area contributed by atoms with E-state index < -0.39 is 0 Å². The molecule has 0 fully saturated rings. The Kier molecular flexibility index (Phi) is 7.44. The summed E-state index contributed by atoms with van der Waals surface area (Å²) >= 11 is 3.33. The van der Waals surface area contributed by atoms with Crippen LogP contribution in [0.4, 0.5) is 5.88 Å². The molecular formula is C18H13N3OW3-2. The molecule has 4 nitrogen and oxygen atoms in total. The number of rotatable bonds is 2. The van der Waals surface area contributed by atoms with Gasteiger partial charge in [-0.25, -0.2) is 6.07 Å². The van der Waals surface area contributed by atoms with Crippen LogP contribution >= 0.6 is 0 Å². The molecular weight excluding hydrogens is 826 g/mol. The molecule has 0 unspecified atom stereocenters. The van der Waals surface area contributed by atoms with Crippen LogP contribution in [0.5, 0.6) is 0 Å². The molecule has 2 heterocycles. The summed E-state index contributed by atoms with van der Waals surface area (Å²) in [5, 5.41) is 6.25. The van der Waals surface area contributed by atoms with E-state index in [2.05, 4.69) is 54.7 Å². The predicted molar refractivity (Wildman–Crippen MR) is 87.0 cm³/mol. The second kappa shape index (κ2) is 9.13. The van der Waals surface area contributed by atoms with Gasteiger partial charge >= 0.3 is 32.4 Å². The van der Waals surface area contributed by atoms with Crippen molar-refractivity contribution in [2.45, 2.75) is 6.92 Å². The zero-order valence-corrected chi connectivity index (χ0v) is 22.0. The van der Waals surface area contributed by atoms with Gasteiger partial charge in [-0.05, 0) is 28.7 Å². The number of hydrogen-bond donors (Lipinski definition) is 1. The van der Waals surface area contributed by atoms with E-state index in [1.54, 1.807) is 38.5 Å². The fraction of sp³-hybridized carbons (Fsp3) is 0.0556. The molecule has 4 rings (SSSR count). The molecule has 2 aromatic heterocycles. The zero-order valence-electron chi connectivity index (χ0n) is 13.2. The topological polar surface area (TPSA) is 57.0 Å². The normalized spacial score (nSPS) is 10.6. The Morgan fingerprint density at radius 3 is 2.60 bits per heavy atom. The van der Waals surface area contributed by atoms with Crippen molar-refractivity contribution >= 4 is 33.8 Å². The van der Waals surface area contributed by atoms with Crippen LogP contribution in [0.1, 0.15) is 11.3 Å². The van der Waals surface area contributed by atoms with Crippen molar-refractivity contribution in [3.8, 4) is 0 Å². The molecule has 0 atom stereocenters. The van der Waals surface area contributed by atoms with Crippen LogP contribution in [0.2, 0.25) is 0 Å². The van der Waals surface area contributed by atoms with Gasteiger partial charge in [-0.15, -0.1) is 5.69 Å². The fourth-order valence-electron chi connectivity index (χ4n) is 2.80. The van der Waals surface area contributed by atoms with Gasteiger partial charge in [0.1, 0.15) is 5.88 Å². The van der Waals surface area contributed by atoms with E-state index in [-0.39, 0.29) is 26.9 Å². The Morgan fingerprint density at radius 2 is 1.88 bits per heavy atom. The molecule has 0 aliphatic rings. The first kappa shape index (κ1) is 20.4. The first-order chi connectivity index (χ1) is 11.7. The summed E-state index contributed by atoms with van der Waals surface area (Å²) in [6.45, 7) is 2.12. The molecule has 0 saturated heterocycles. The van der Waals surface area contributed by atoms with Gasteiger partial charge in [0, 0.05) is 21.1 Å². The molecule has 126 valence electrons. The van der Waals surface area contributed by atoms with Gasteiger partial charge < -0.3 is 14.8 Å². The van der Waals surface area contributed by atoms with Crippen LogP contribution in [0.15, 0.2) is 47.0 Å². The number of aromatic nitrogens is 2. The minimum absolute atomic E-state index is 0. The Bertz CT molecular complexity index is 1040. The number of anilines is 1. The molecule has 0 saturated carbocycles. The van der Waals surface area contributed by atoms with Gasteiger partial charge in [-0.2, -0.15) is 11.4 Å². The summed E-state index contributed by atoms with van der Waals surface area (Å²) in [4.78, 5) is 0. The molecule has 0 bridgehead atoms. The van der Waals surface area contributed by atoms with Gasteiger partial charge in [-0.3, -0.25) is 6.08 Å². The van der Waals surface area contributed by atoms with Crippen molar-refractivity contribution in [2.24, 2.45) is 0 Å². The number of benzene rings is 2. The first-order valence-corrected chi connectivity index (χ1v) is 18.1. The van der Waals surface area contributed by atoms with Crippen LogP contribution in [-0.4, -0.2) is 9.72 Å².